The number of thiazole rings is 1. The fraction of sp³-hybridized carbons (Fsp3) is 0.167. The first-order valence-corrected chi connectivity index (χ1v) is 11.0. The first-order valence-electron chi connectivity index (χ1n) is 10.1. The maximum absolute atomic E-state index is 13.1. The van der Waals surface area contributed by atoms with Crippen molar-refractivity contribution >= 4 is 28.4 Å². The van der Waals surface area contributed by atoms with Crippen LogP contribution in [0.5, 0.6) is 11.5 Å². The van der Waals surface area contributed by atoms with E-state index in [4.69, 9.17) is 4.74 Å². The van der Waals surface area contributed by atoms with Gasteiger partial charge >= 0.3 is 6.18 Å². The number of phenolic OH excluding ortho intramolecular Hbond substituents is 1. The number of hydrogen-bond donors (Lipinski definition) is 1. The number of halogens is 3. The van der Waals surface area contributed by atoms with Gasteiger partial charge in [0.25, 0.3) is 5.56 Å². The average Bonchev–Trinajstić information content (AvgIpc) is 3.26. The molecule has 0 aliphatic rings. The normalized spacial score (nSPS) is 12.0. The highest BCUT2D eigenvalue weighted by Gasteiger charge is 2.30. The number of benzene rings is 2. The third-order valence-electron chi connectivity index (χ3n) is 4.87. The van der Waals surface area contributed by atoms with E-state index in [0.717, 1.165) is 18.6 Å². The van der Waals surface area contributed by atoms with Crippen LogP contribution in [0.1, 0.15) is 30.2 Å². The molecule has 9 heteroatoms. The summed E-state index contributed by atoms with van der Waals surface area (Å²) in [6, 6.07) is 9.29. The van der Waals surface area contributed by atoms with Crippen molar-refractivity contribution in [3.05, 3.63) is 81.2 Å². The minimum atomic E-state index is -4.47. The molecule has 2 heterocycles. The zero-order valence-corrected chi connectivity index (χ0v) is 18.3. The van der Waals surface area contributed by atoms with E-state index in [0.29, 0.717) is 34.1 Å². The Hall–Kier alpha value is -3.59. The van der Waals surface area contributed by atoms with Gasteiger partial charge in [-0.3, -0.25) is 9.20 Å². The molecular formula is C24H19F3N2O3S. The number of aromatic hydroxyl groups is 1. The highest BCUT2D eigenvalue weighted by molar-refractivity contribution is 7.15. The first-order chi connectivity index (χ1) is 15.8. The predicted molar refractivity (Wildman–Crippen MR) is 123 cm³/mol. The first kappa shape index (κ1) is 22.6. The Morgan fingerprint density at radius 1 is 1.15 bits per heavy atom. The van der Waals surface area contributed by atoms with Gasteiger partial charge in [-0.1, -0.05) is 31.2 Å². The molecule has 2 aromatic heterocycles. The van der Waals surface area contributed by atoms with Crippen LogP contribution >= 0.6 is 11.3 Å². The summed E-state index contributed by atoms with van der Waals surface area (Å²) >= 11 is 1.28. The number of phenols is 1. The number of alkyl halides is 3. The summed E-state index contributed by atoms with van der Waals surface area (Å²) in [5.74, 6) is 0.353. The molecule has 0 radical (unpaired) electrons. The molecule has 0 aliphatic heterocycles. The molecule has 0 spiro atoms. The molecule has 4 aromatic rings. The molecule has 0 atom stereocenters. The zero-order valence-electron chi connectivity index (χ0n) is 17.5. The largest absolute Gasteiger partial charge is 0.504 e. The Kier molecular flexibility index (Phi) is 6.24. The standard InChI is InChI=1S/C24H19F3N2O3S/c1-2-12-32-20-14-15(4-10-19(20)30)3-9-18-21(22(31)29-11-13-33-23(29)28-18)16-5-7-17(8-6-16)24(25,26)27/h3-11,13-14,30H,2,12H2,1H3/b9-3+. The number of fused-ring (bicyclic) bond motifs is 1. The van der Waals surface area contributed by atoms with Crippen LogP contribution in [0.3, 0.4) is 0 Å². The Morgan fingerprint density at radius 2 is 1.91 bits per heavy atom. The molecule has 0 fully saturated rings. The molecule has 0 bridgehead atoms. The predicted octanol–water partition coefficient (Wildman–Crippen LogP) is 6.11. The molecular weight excluding hydrogens is 453 g/mol. The third kappa shape index (κ3) is 4.78. The van der Waals surface area contributed by atoms with Crippen molar-refractivity contribution in [3.8, 4) is 22.6 Å². The minimum absolute atomic E-state index is 0.0161. The van der Waals surface area contributed by atoms with E-state index in [9.17, 15) is 23.1 Å². The molecule has 5 nitrogen and oxygen atoms in total. The van der Waals surface area contributed by atoms with E-state index >= 15 is 0 Å². The summed E-state index contributed by atoms with van der Waals surface area (Å²) in [5, 5.41) is 11.7. The van der Waals surface area contributed by atoms with Crippen LogP contribution < -0.4 is 10.3 Å². The van der Waals surface area contributed by atoms with Crippen LogP contribution in [0.15, 0.2) is 58.8 Å². The lowest BCUT2D eigenvalue weighted by molar-refractivity contribution is -0.137. The smallest absolute Gasteiger partial charge is 0.416 e. The molecule has 0 unspecified atom stereocenters. The lowest BCUT2D eigenvalue weighted by Gasteiger charge is -2.10. The van der Waals surface area contributed by atoms with Crippen LogP contribution in [-0.4, -0.2) is 21.1 Å². The van der Waals surface area contributed by atoms with E-state index < -0.39 is 11.7 Å². The Bertz CT molecular complexity index is 1370. The summed E-state index contributed by atoms with van der Waals surface area (Å²) in [4.78, 5) is 18.1. The van der Waals surface area contributed by atoms with Gasteiger partial charge in [0.1, 0.15) is 0 Å². The maximum Gasteiger partial charge on any atom is 0.416 e. The second kappa shape index (κ2) is 9.11. The highest BCUT2D eigenvalue weighted by atomic mass is 32.1. The van der Waals surface area contributed by atoms with Crippen LogP contribution in [-0.2, 0) is 6.18 Å². The summed E-state index contributed by atoms with van der Waals surface area (Å²) in [7, 11) is 0. The number of nitrogens with zero attached hydrogens (tertiary/aromatic N) is 2. The molecule has 0 aliphatic carbocycles. The summed E-state index contributed by atoms with van der Waals surface area (Å²) in [6.07, 6.45) is 1.22. The lowest BCUT2D eigenvalue weighted by atomic mass is 10.0. The zero-order chi connectivity index (χ0) is 23.6. The number of hydrogen-bond acceptors (Lipinski definition) is 5. The molecule has 1 N–H and O–H groups in total. The molecule has 0 saturated heterocycles. The molecule has 2 aromatic carbocycles. The van der Waals surface area contributed by atoms with Gasteiger partial charge < -0.3 is 9.84 Å². The molecule has 0 amide bonds. The van der Waals surface area contributed by atoms with E-state index in [-0.39, 0.29) is 16.9 Å². The Morgan fingerprint density at radius 3 is 2.61 bits per heavy atom. The second-order valence-electron chi connectivity index (χ2n) is 7.22. The van der Waals surface area contributed by atoms with Gasteiger partial charge in [-0.05, 0) is 47.9 Å². The van der Waals surface area contributed by atoms with Gasteiger partial charge in [0.15, 0.2) is 16.5 Å². The highest BCUT2D eigenvalue weighted by Crippen LogP contribution is 2.32. The number of rotatable bonds is 6. The molecule has 170 valence electrons. The van der Waals surface area contributed by atoms with Crippen molar-refractivity contribution in [1.82, 2.24) is 9.38 Å². The lowest BCUT2D eigenvalue weighted by Crippen LogP contribution is -2.17. The quantitative estimate of drug-likeness (QED) is 0.368. The van der Waals surface area contributed by atoms with Crippen LogP contribution in [0.25, 0.3) is 28.2 Å². The van der Waals surface area contributed by atoms with Crippen molar-refractivity contribution in [2.24, 2.45) is 0 Å². The van der Waals surface area contributed by atoms with Crippen molar-refractivity contribution in [2.45, 2.75) is 19.5 Å². The van der Waals surface area contributed by atoms with Crippen molar-refractivity contribution < 1.29 is 23.0 Å². The van der Waals surface area contributed by atoms with Crippen molar-refractivity contribution in [2.75, 3.05) is 6.61 Å². The van der Waals surface area contributed by atoms with Crippen molar-refractivity contribution in [1.29, 1.82) is 0 Å². The topological polar surface area (TPSA) is 63.8 Å². The minimum Gasteiger partial charge on any atom is -0.504 e. The van der Waals surface area contributed by atoms with Gasteiger partial charge in [0.05, 0.1) is 23.4 Å². The van der Waals surface area contributed by atoms with Crippen LogP contribution in [0, 0.1) is 0 Å². The monoisotopic (exact) mass is 472 g/mol. The van der Waals surface area contributed by atoms with Crippen molar-refractivity contribution in [3.63, 3.8) is 0 Å². The second-order valence-corrected chi connectivity index (χ2v) is 8.09. The molecule has 0 saturated carbocycles. The van der Waals surface area contributed by atoms with Gasteiger partial charge in [0.2, 0.25) is 0 Å². The number of aromatic nitrogens is 2. The SMILES string of the molecule is CCCOc1cc(/C=C/c2nc3sccn3c(=O)c2-c2ccc(C(F)(F)F)cc2)ccc1O. The molecule has 33 heavy (non-hydrogen) atoms. The van der Waals surface area contributed by atoms with Gasteiger partial charge in [0, 0.05) is 11.6 Å². The average molecular weight is 472 g/mol. The fourth-order valence-corrected chi connectivity index (χ4v) is 3.96. The molecule has 4 rings (SSSR count). The van der Waals surface area contributed by atoms with E-state index in [1.165, 1.54) is 33.9 Å². The van der Waals surface area contributed by atoms with Crippen LogP contribution in [0.4, 0.5) is 13.2 Å². The van der Waals surface area contributed by atoms with Gasteiger partial charge in [-0.15, -0.1) is 11.3 Å². The number of ether oxygens (including phenoxy) is 1. The summed E-state index contributed by atoms with van der Waals surface area (Å²) in [5.41, 5.74) is 0.377. The van der Waals surface area contributed by atoms with Crippen LogP contribution in [0.2, 0.25) is 0 Å². The summed E-state index contributed by atoms with van der Waals surface area (Å²) < 4.78 is 45.8. The van der Waals surface area contributed by atoms with E-state index in [1.54, 1.807) is 35.9 Å². The maximum atomic E-state index is 13.1. The summed E-state index contributed by atoms with van der Waals surface area (Å²) in [6.45, 7) is 2.40. The Labute approximate surface area is 191 Å². The van der Waals surface area contributed by atoms with E-state index in [2.05, 4.69) is 4.98 Å². The van der Waals surface area contributed by atoms with Gasteiger partial charge in [-0.25, -0.2) is 4.98 Å². The Balaban J connectivity index is 1.79. The third-order valence-corrected chi connectivity index (χ3v) is 5.63. The van der Waals surface area contributed by atoms with E-state index in [1.807, 2.05) is 6.92 Å². The fourth-order valence-electron chi connectivity index (χ4n) is 3.25. The van der Waals surface area contributed by atoms with Gasteiger partial charge in [-0.2, -0.15) is 13.2 Å².